The van der Waals surface area contributed by atoms with Crippen LogP contribution in [0.5, 0.6) is 0 Å². The summed E-state index contributed by atoms with van der Waals surface area (Å²) in [5.41, 5.74) is 9.65. The van der Waals surface area contributed by atoms with Crippen LogP contribution in [0.1, 0.15) is 31.5 Å². The number of hydrogen-bond acceptors (Lipinski definition) is 6. The number of hydrogen-bond donors (Lipinski definition) is 1. The van der Waals surface area contributed by atoms with E-state index in [0.29, 0.717) is 10.2 Å². The zero-order valence-corrected chi connectivity index (χ0v) is 17.9. The van der Waals surface area contributed by atoms with E-state index in [4.69, 9.17) is 27.3 Å². The number of aryl methyl sites for hydroxylation is 1. The molecule has 1 aliphatic rings. The molecule has 0 spiro atoms. The molecule has 148 valence electrons. The third-order valence-corrected chi connectivity index (χ3v) is 6.67. The standard InChI is InChI=1S/C22H22ClN5S/c1-13-25-18-12-15(14-7-6-8-19-20(14)27-22(24)29-19)17(23)11-16(18)21(26-13)28-9-4-2-3-5-10-28/h6-8,11-12H,2-5,9-10H2,1H3,(H2,24,27). The summed E-state index contributed by atoms with van der Waals surface area (Å²) in [6, 6.07) is 10.2. The van der Waals surface area contributed by atoms with E-state index in [2.05, 4.69) is 16.0 Å². The minimum atomic E-state index is 0.561. The van der Waals surface area contributed by atoms with Crippen molar-refractivity contribution in [3.8, 4) is 11.1 Å². The highest BCUT2D eigenvalue weighted by molar-refractivity contribution is 7.22. The Kier molecular flexibility index (Phi) is 4.76. The highest BCUT2D eigenvalue weighted by Gasteiger charge is 2.19. The number of thiazole rings is 1. The minimum Gasteiger partial charge on any atom is -0.375 e. The summed E-state index contributed by atoms with van der Waals surface area (Å²) in [5.74, 6) is 1.78. The van der Waals surface area contributed by atoms with Crippen LogP contribution in [0, 0.1) is 6.92 Å². The Balaban J connectivity index is 1.70. The molecule has 3 heterocycles. The van der Waals surface area contributed by atoms with Crippen molar-refractivity contribution in [3.05, 3.63) is 41.2 Å². The number of fused-ring (bicyclic) bond motifs is 2. The fourth-order valence-corrected chi connectivity index (χ4v) is 5.19. The SMILES string of the molecule is Cc1nc(N2CCCCCC2)c2cc(Cl)c(-c3cccc4sc(N)nc34)cc2n1. The molecule has 5 nitrogen and oxygen atoms in total. The van der Waals surface area contributed by atoms with Crippen molar-refractivity contribution < 1.29 is 0 Å². The van der Waals surface area contributed by atoms with Gasteiger partial charge in [0.15, 0.2) is 5.13 Å². The molecule has 29 heavy (non-hydrogen) atoms. The van der Waals surface area contributed by atoms with Crippen LogP contribution in [-0.2, 0) is 0 Å². The van der Waals surface area contributed by atoms with Crippen LogP contribution in [-0.4, -0.2) is 28.0 Å². The number of halogens is 1. The molecule has 5 rings (SSSR count). The first-order chi connectivity index (χ1) is 14.1. The van der Waals surface area contributed by atoms with E-state index < -0.39 is 0 Å². The quantitative estimate of drug-likeness (QED) is 0.439. The predicted molar refractivity (Wildman–Crippen MR) is 123 cm³/mol. The summed E-state index contributed by atoms with van der Waals surface area (Å²) >= 11 is 8.29. The van der Waals surface area contributed by atoms with Gasteiger partial charge in [-0.2, -0.15) is 0 Å². The normalized spacial score (nSPS) is 15.2. The largest absolute Gasteiger partial charge is 0.375 e. The van der Waals surface area contributed by atoms with Gasteiger partial charge in [-0.05, 0) is 38.0 Å². The summed E-state index contributed by atoms with van der Waals surface area (Å²) in [4.78, 5) is 16.4. The van der Waals surface area contributed by atoms with E-state index in [0.717, 1.165) is 57.0 Å². The zero-order chi connectivity index (χ0) is 20.0. The Morgan fingerprint density at radius 2 is 1.79 bits per heavy atom. The number of para-hydroxylation sites is 1. The van der Waals surface area contributed by atoms with Crippen molar-refractivity contribution in [2.24, 2.45) is 0 Å². The number of nitrogens with two attached hydrogens (primary N) is 1. The lowest BCUT2D eigenvalue weighted by atomic mass is 10.0. The zero-order valence-electron chi connectivity index (χ0n) is 16.3. The Morgan fingerprint density at radius 3 is 2.59 bits per heavy atom. The molecule has 7 heteroatoms. The van der Waals surface area contributed by atoms with Crippen LogP contribution in [0.4, 0.5) is 10.9 Å². The maximum absolute atomic E-state index is 6.80. The summed E-state index contributed by atoms with van der Waals surface area (Å²) < 4.78 is 1.06. The number of rotatable bonds is 2. The van der Waals surface area contributed by atoms with Crippen LogP contribution in [0.3, 0.4) is 0 Å². The van der Waals surface area contributed by atoms with Gasteiger partial charge in [-0.3, -0.25) is 0 Å². The second-order valence-corrected chi connectivity index (χ2v) is 9.02. The van der Waals surface area contributed by atoms with E-state index in [9.17, 15) is 0 Å². The van der Waals surface area contributed by atoms with Crippen molar-refractivity contribution in [2.75, 3.05) is 23.7 Å². The van der Waals surface area contributed by atoms with Gasteiger partial charge in [-0.25, -0.2) is 15.0 Å². The average Bonchev–Trinajstić information content (AvgIpc) is 2.89. The third kappa shape index (κ3) is 3.40. The number of aromatic nitrogens is 3. The maximum atomic E-state index is 6.80. The van der Waals surface area contributed by atoms with Gasteiger partial charge >= 0.3 is 0 Å². The lowest BCUT2D eigenvalue weighted by Gasteiger charge is -2.23. The van der Waals surface area contributed by atoms with Crippen molar-refractivity contribution in [2.45, 2.75) is 32.6 Å². The second-order valence-electron chi connectivity index (χ2n) is 7.55. The first-order valence-corrected chi connectivity index (χ1v) is 11.2. The monoisotopic (exact) mass is 423 g/mol. The van der Waals surface area contributed by atoms with Crippen molar-refractivity contribution in [3.63, 3.8) is 0 Å². The second kappa shape index (κ2) is 7.43. The van der Waals surface area contributed by atoms with Crippen molar-refractivity contribution >= 4 is 55.0 Å². The van der Waals surface area contributed by atoms with Crippen LogP contribution in [0.25, 0.3) is 32.2 Å². The summed E-state index contributed by atoms with van der Waals surface area (Å²) in [5, 5.41) is 2.25. The fraction of sp³-hybridized carbons (Fsp3) is 0.318. The molecular weight excluding hydrogens is 402 g/mol. The summed E-state index contributed by atoms with van der Waals surface area (Å²) in [6.07, 6.45) is 4.96. The molecule has 2 aromatic carbocycles. The lowest BCUT2D eigenvalue weighted by molar-refractivity contribution is 0.726. The number of nitrogen functional groups attached to an aromatic ring is 1. The lowest BCUT2D eigenvalue weighted by Crippen LogP contribution is -2.25. The highest BCUT2D eigenvalue weighted by Crippen LogP contribution is 2.39. The molecule has 1 fully saturated rings. The first kappa shape index (κ1) is 18.6. The van der Waals surface area contributed by atoms with Gasteiger partial charge in [0.25, 0.3) is 0 Å². The Labute approximate surface area is 178 Å². The first-order valence-electron chi connectivity index (χ1n) is 9.98. The van der Waals surface area contributed by atoms with E-state index in [1.807, 2.05) is 31.2 Å². The molecule has 0 aliphatic carbocycles. The molecule has 0 saturated carbocycles. The Hall–Kier alpha value is -2.44. The molecule has 0 radical (unpaired) electrons. The number of anilines is 2. The predicted octanol–water partition coefficient (Wildman–Crippen LogP) is 5.83. The molecule has 1 aliphatic heterocycles. The molecule has 2 N–H and O–H groups in total. The number of nitrogens with zero attached hydrogens (tertiary/aromatic N) is 4. The molecular formula is C22H22ClN5S. The molecule has 0 amide bonds. The molecule has 2 aromatic heterocycles. The fourth-order valence-electron chi connectivity index (χ4n) is 4.16. The smallest absolute Gasteiger partial charge is 0.181 e. The maximum Gasteiger partial charge on any atom is 0.181 e. The van der Waals surface area contributed by atoms with E-state index in [-0.39, 0.29) is 0 Å². The van der Waals surface area contributed by atoms with E-state index >= 15 is 0 Å². The van der Waals surface area contributed by atoms with Gasteiger partial charge in [0.05, 0.1) is 15.7 Å². The van der Waals surface area contributed by atoms with Gasteiger partial charge in [0, 0.05) is 34.6 Å². The molecule has 4 aromatic rings. The van der Waals surface area contributed by atoms with Gasteiger partial charge in [-0.15, -0.1) is 0 Å². The molecule has 1 saturated heterocycles. The van der Waals surface area contributed by atoms with Crippen LogP contribution in [0.15, 0.2) is 30.3 Å². The molecule has 0 bridgehead atoms. The average molecular weight is 424 g/mol. The van der Waals surface area contributed by atoms with E-state index in [1.165, 1.54) is 37.0 Å². The highest BCUT2D eigenvalue weighted by atomic mass is 35.5. The van der Waals surface area contributed by atoms with Crippen molar-refractivity contribution in [1.82, 2.24) is 15.0 Å². The Bertz CT molecular complexity index is 1210. The third-order valence-electron chi connectivity index (χ3n) is 5.51. The number of benzene rings is 2. The summed E-state index contributed by atoms with van der Waals surface area (Å²) in [7, 11) is 0. The van der Waals surface area contributed by atoms with E-state index in [1.54, 1.807) is 0 Å². The molecule has 0 unspecified atom stereocenters. The topological polar surface area (TPSA) is 67.9 Å². The van der Waals surface area contributed by atoms with Gasteiger partial charge in [0.2, 0.25) is 0 Å². The van der Waals surface area contributed by atoms with Gasteiger partial charge in [-0.1, -0.05) is 47.9 Å². The van der Waals surface area contributed by atoms with Crippen LogP contribution in [0.2, 0.25) is 5.02 Å². The summed E-state index contributed by atoms with van der Waals surface area (Å²) in [6.45, 7) is 4.02. The van der Waals surface area contributed by atoms with Gasteiger partial charge in [0.1, 0.15) is 11.6 Å². The minimum absolute atomic E-state index is 0.561. The van der Waals surface area contributed by atoms with Crippen LogP contribution >= 0.6 is 22.9 Å². The van der Waals surface area contributed by atoms with Crippen molar-refractivity contribution in [1.29, 1.82) is 0 Å². The van der Waals surface area contributed by atoms with Gasteiger partial charge < -0.3 is 10.6 Å². The Morgan fingerprint density at radius 1 is 1.00 bits per heavy atom. The van der Waals surface area contributed by atoms with Crippen LogP contribution < -0.4 is 10.6 Å². The molecule has 0 atom stereocenters.